The van der Waals surface area contributed by atoms with Crippen molar-refractivity contribution in [2.75, 3.05) is 66.6 Å². The smallest absolute Gasteiger partial charge is 0.203 e. The first-order valence-corrected chi connectivity index (χ1v) is 18.2. The second kappa shape index (κ2) is 22.9. The highest BCUT2D eigenvalue weighted by atomic mass is 16.5. The normalized spacial score (nSPS) is 13.1. The zero-order valence-corrected chi connectivity index (χ0v) is 30.0. The molecule has 0 heterocycles. The topological polar surface area (TPSA) is 83.1 Å². The summed E-state index contributed by atoms with van der Waals surface area (Å²) < 4.78 is 11.0. The van der Waals surface area contributed by atoms with Gasteiger partial charge in [-0.3, -0.25) is 9.59 Å². The van der Waals surface area contributed by atoms with E-state index in [4.69, 9.17) is 9.47 Å². The van der Waals surface area contributed by atoms with E-state index in [2.05, 4.69) is 58.5 Å². The summed E-state index contributed by atoms with van der Waals surface area (Å²) in [5.41, 5.74) is 3.33. The number of unbranched alkanes of at least 4 members (excludes halogenated alkanes) is 6. The lowest BCUT2D eigenvalue weighted by atomic mass is 10.1. The van der Waals surface area contributed by atoms with Crippen LogP contribution in [-0.4, -0.2) is 87.9 Å². The van der Waals surface area contributed by atoms with E-state index in [0.29, 0.717) is 24.5 Å². The van der Waals surface area contributed by atoms with E-state index in [1.54, 1.807) is 14.2 Å². The number of allylic oxidation sites excluding steroid dienone is 2. The largest absolute Gasteiger partial charge is 0.496 e. The molecule has 2 N–H and O–H groups in total. The van der Waals surface area contributed by atoms with Crippen LogP contribution < -0.4 is 20.1 Å². The molecule has 1 aliphatic carbocycles. The molecule has 1 aliphatic rings. The maximum Gasteiger partial charge on any atom is 0.203 e. The van der Waals surface area contributed by atoms with Gasteiger partial charge in [0.1, 0.15) is 11.5 Å². The van der Waals surface area contributed by atoms with E-state index in [0.717, 1.165) is 115 Å². The predicted molar refractivity (Wildman–Crippen MR) is 197 cm³/mol. The number of para-hydroxylation sites is 2. The van der Waals surface area contributed by atoms with Gasteiger partial charge in [-0.15, -0.1) is 0 Å². The molecule has 48 heavy (non-hydrogen) atoms. The lowest BCUT2D eigenvalue weighted by Gasteiger charge is -2.21. The SMILES string of the molecule is CCN(CCCCCCNC1=CC(=O)C(NCCCCCCN(CC)CCc2ccccc2OC)=CC1=O)CCc1ccccc1OC. The minimum atomic E-state index is -0.126. The Kier molecular flexibility index (Phi) is 18.5. The van der Waals surface area contributed by atoms with Crippen LogP contribution in [-0.2, 0) is 22.4 Å². The standard InChI is InChI=1S/C40H60N4O4/c1-5-43(29-23-33-19-11-13-21-39(33)47-3)27-17-9-7-15-25-41-35-31-38(46)36(32-37(35)45)42-26-16-8-10-18-28-44(6-2)30-24-34-20-12-14-22-40(34)48-4/h11-14,19-22,31-32,41-42H,5-10,15-18,23-30H2,1-4H3. The van der Waals surface area contributed by atoms with Gasteiger partial charge in [0.25, 0.3) is 0 Å². The van der Waals surface area contributed by atoms with Crippen molar-refractivity contribution >= 4 is 11.6 Å². The molecular formula is C40H60N4O4. The third-order valence-electron chi connectivity index (χ3n) is 9.19. The van der Waals surface area contributed by atoms with E-state index < -0.39 is 0 Å². The van der Waals surface area contributed by atoms with Gasteiger partial charge < -0.3 is 29.9 Å². The van der Waals surface area contributed by atoms with Crippen molar-refractivity contribution in [2.45, 2.75) is 78.1 Å². The van der Waals surface area contributed by atoms with E-state index in [1.165, 1.54) is 23.3 Å². The number of ether oxygens (including phenoxy) is 2. The van der Waals surface area contributed by atoms with Crippen LogP contribution in [0.5, 0.6) is 11.5 Å². The average Bonchev–Trinajstić information content (AvgIpc) is 3.11. The Labute approximate surface area is 289 Å². The molecule has 3 rings (SSSR count). The van der Waals surface area contributed by atoms with Gasteiger partial charge in [-0.2, -0.15) is 0 Å². The van der Waals surface area contributed by atoms with Crippen molar-refractivity contribution in [3.8, 4) is 11.5 Å². The molecule has 0 fully saturated rings. The minimum absolute atomic E-state index is 0.126. The van der Waals surface area contributed by atoms with Gasteiger partial charge in [0.2, 0.25) is 11.6 Å². The molecule has 0 aromatic heterocycles. The molecule has 8 heteroatoms. The summed E-state index contributed by atoms with van der Waals surface area (Å²) in [4.78, 5) is 30.3. The van der Waals surface area contributed by atoms with Crippen molar-refractivity contribution in [1.82, 2.24) is 20.4 Å². The predicted octanol–water partition coefficient (Wildman–Crippen LogP) is 6.35. The highest BCUT2D eigenvalue weighted by Gasteiger charge is 2.19. The Morgan fingerprint density at radius 1 is 0.542 bits per heavy atom. The van der Waals surface area contributed by atoms with Gasteiger partial charge in [-0.25, -0.2) is 0 Å². The van der Waals surface area contributed by atoms with Gasteiger partial charge in [-0.1, -0.05) is 75.9 Å². The van der Waals surface area contributed by atoms with Gasteiger partial charge >= 0.3 is 0 Å². The number of hydrogen-bond acceptors (Lipinski definition) is 8. The zero-order valence-electron chi connectivity index (χ0n) is 30.0. The first-order chi connectivity index (χ1) is 23.5. The summed E-state index contributed by atoms with van der Waals surface area (Å²) in [5, 5.41) is 6.39. The second-order valence-corrected chi connectivity index (χ2v) is 12.5. The number of ketones is 2. The maximum atomic E-state index is 12.7. The number of carbonyl (C=O) groups is 2. The molecule has 0 atom stereocenters. The Balaban J connectivity index is 1.21. The monoisotopic (exact) mass is 660 g/mol. The van der Waals surface area contributed by atoms with Gasteiger partial charge in [-0.05, 0) is 88.0 Å². The Morgan fingerprint density at radius 2 is 0.938 bits per heavy atom. The molecule has 0 saturated heterocycles. The fourth-order valence-corrected chi connectivity index (χ4v) is 6.14. The molecule has 2 aromatic carbocycles. The Hall–Kier alpha value is -3.62. The highest BCUT2D eigenvalue weighted by molar-refractivity contribution is 6.19. The Morgan fingerprint density at radius 3 is 1.33 bits per heavy atom. The summed E-state index contributed by atoms with van der Waals surface area (Å²) >= 11 is 0. The van der Waals surface area contributed by atoms with Crippen molar-refractivity contribution < 1.29 is 19.1 Å². The van der Waals surface area contributed by atoms with Crippen LogP contribution in [0.3, 0.4) is 0 Å². The molecule has 0 aliphatic heterocycles. The second-order valence-electron chi connectivity index (χ2n) is 12.5. The quantitative estimate of drug-likeness (QED) is 0.0893. The molecular weight excluding hydrogens is 600 g/mol. The summed E-state index contributed by atoms with van der Waals surface area (Å²) in [7, 11) is 3.46. The van der Waals surface area contributed by atoms with Crippen molar-refractivity contribution in [3.63, 3.8) is 0 Å². The molecule has 0 bridgehead atoms. The number of nitrogens with zero attached hydrogens (tertiary/aromatic N) is 2. The number of nitrogens with one attached hydrogen (secondary N) is 2. The molecule has 2 aromatic rings. The van der Waals surface area contributed by atoms with E-state index >= 15 is 0 Å². The van der Waals surface area contributed by atoms with E-state index in [-0.39, 0.29) is 11.6 Å². The lowest BCUT2D eigenvalue weighted by molar-refractivity contribution is -0.115. The highest BCUT2D eigenvalue weighted by Crippen LogP contribution is 2.19. The summed E-state index contributed by atoms with van der Waals surface area (Å²) in [6.45, 7) is 12.1. The van der Waals surface area contributed by atoms with Crippen LogP contribution in [0.1, 0.15) is 76.3 Å². The van der Waals surface area contributed by atoms with Gasteiger partial charge in [0.05, 0.1) is 25.6 Å². The maximum absolute atomic E-state index is 12.7. The fraction of sp³-hybridized carbons (Fsp3) is 0.550. The summed E-state index contributed by atoms with van der Waals surface area (Å²) in [6, 6.07) is 16.5. The molecule has 264 valence electrons. The average molecular weight is 661 g/mol. The van der Waals surface area contributed by atoms with Crippen LogP contribution in [0, 0.1) is 0 Å². The van der Waals surface area contributed by atoms with Crippen LogP contribution >= 0.6 is 0 Å². The number of rotatable bonds is 26. The summed E-state index contributed by atoms with van der Waals surface area (Å²) in [5.74, 6) is 1.67. The van der Waals surface area contributed by atoms with Gasteiger partial charge in [0, 0.05) is 38.3 Å². The third kappa shape index (κ3) is 13.9. The van der Waals surface area contributed by atoms with Crippen LogP contribution in [0.4, 0.5) is 0 Å². The van der Waals surface area contributed by atoms with E-state index in [9.17, 15) is 9.59 Å². The number of carbonyl (C=O) groups excluding carboxylic acids is 2. The number of methoxy groups -OCH3 is 2. The van der Waals surface area contributed by atoms with Gasteiger partial charge in [0.15, 0.2) is 0 Å². The molecule has 0 amide bonds. The minimum Gasteiger partial charge on any atom is -0.496 e. The molecule has 0 radical (unpaired) electrons. The van der Waals surface area contributed by atoms with Crippen molar-refractivity contribution in [1.29, 1.82) is 0 Å². The third-order valence-corrected chi connectivity index (χ3v) is 9.19. The first-order valence-electron chi connectivity index (χ1n) is 18.2. The lowest BCUT2D eigenvalue weighted by Crippen LogP contribution is -2.30. The molecule has 0 spiro atoms. The van der Waals surface area contributed by atoms with Crippen molar-refractivity contribution in [3.05, 3.63) is 83.2 Å². The van der Waals surface area contributed by atoms with Crippen LogP contribution in [0.15, 0.2) is 72.1 Å². The zero-order chi connectivity index (χ0) is 34.4. The number of benzene rings is 2. The summed E-state index contributed by atoms with van der Waals surface area (Å²) in [6.07, 6.45) is 13.6. The Bertz CT molecular complexity index is 1210. The van der Waals surface area contributed by atoms with E-state index in [1.807, 2.05) is 24.3 Å². The molecule has 8 nitrogen and oxygen atoms in total. The number of hydrogen-bond donors (Lipinski definition) is 2. The number of likely N-dealkylation sites (N-methyl/N-ethyl adjacent to an activating group) is 2. The van der Waals surface area contributed by atoms with Crippen molar-refractivity contribution in [2.24, 2.45) is 0 Å². The van der Waals surface area contributed by atoms with Crippen LogP contribution in [0.25, 0.3) is 0 Å². The molecule has 0 saturated carbocycles. The first kappa shape index (κ1) is 38.8. The molecule has 0 unspecified atom stereocenters. The van der Waals surface area contributed by atoms with Crippen LogP contribution in [0.2, 0.25) is 0 Å². The fourth-order valence-electron chi connectivity index (χ4n) is 6.14.